The number of carbonyl (C=O) groups excluding carboxylic acids is 1. The number of hydrogen-bond acceptors (Lipinski definition) is 4. The van der Waals surface area contributed by atoms with Crippen molar-refractivity contribution in [1.82, 2.24) is 14.6 Å². The third kappa shape index (κ3) is 4.06. The minimum atomic E-state index is -0.564. The fraction of sp³-hybridized carbons (Fsp3) is 0.0455. The van der Waals surface area contributed by atoms with Gasteiger partial charge in [-0.25, -0.2) is 13.9 Å². The molecular formula is C22H16FN5O. The molecule has 0 fully saturated rings. The highest BCUT2D eigenvalue weighted by Gasteiger charge is 2.12. The minimum Gasteiger partial charge on any atom is -0.382 e. The molecule has 0 bridgehead atoms. The molecule has 29 heavy (non-hydrogen) atoms. The molecule has 0 atom stereocenters. The number of amides is 1. The summed E-state index contributed by atoms with van der Waals surface area (Å²) in [5, 5.41) is 7.03. The zero-order chi connectivity index (χ0) is 20.4. The first-order valence-corrected chi connectivity index (χ1v) is 8.79. The molecule has 3 N–H and O–H groups in total. The van der Waals surface area contributed by atoms with E-state index < -0.39 is 11.7 Å². The topological polar surface area (TPSA) is 85.3 Å². The Labute approximate surface area is 166 Å². The largest absolute Gasteiger partial charge is 0.382 e. The molecule has 0 aliphatic heterocycles. The quantitative estimate of drug-likeness (QED) is 0.518. The second-order valence-corrected chi connectivity index (χ2v) is 6.46. The van der Waals surface area contributed by atoms with Crippen LogP contribution in [0.25, 0.3) is 5.65 Å². The molecule has 0 saturated carbocycles. The number of benzene rings is 2. The first kappa shape index (κ1) is 18.2. The van der Waals surface area contributed by atoms with Crippen LogP contribution in [0.2, 0.25) is 0 Å². The standard InChI is InChI=1S/C22H16FN5O/c1-14-5-9-19(23)18(11-14)22(29)25-17-4-2-3-15(12-17)6-7-16-8-10-21-26-20(24)13-28(21)27-16/h2-5,8-13H,24H2,1H3,(H,25,29). The van der Waals surface area contributed by atoms with E-state index in [-0.39, 0.29) is 5.56 Å². The van der Waals surface area contributed by atoms with E-state index in [1.54, 1.807) is 54.0 Å². The zero-order valence-corrected chi connectivity index (χ0v) is 15.5. The summed E-state index contributed by atoms with van der Waals surface area (Å²) in [6.07, 6.45) is 1.61. The summed E-state index contributed by atoms with van der Waals surface area (Å²) in [6.45, 7) is 1.80. The van der Waals surface area contributed by atoms with Crippen LogP contribution in [-0.4, -0.2) is 20.5 Å². The van der Waals surface area contributed by atoms with E-state index in [0.29, 0.717) is 28.4 Å². The number of aryl methyl sites for hydroxylation is 1. The number of rotatable bonds is 2. The molecule has 0 spiro atoms. The van der Waals surface area contributed by atoms with Gasteiger partial charge in [-0.05, 0) is 55.3 Å². The normalized spacial score (nSPS) is 10.4. The van der Waals surface area contributed by atoms with Crippen LogP contribution in [-0.2, 0) is 0 Å². The number of hydrogen-bond donors (Lipinski definition) is 2. The lowest BCUT2D eigenvalue weighted by Crippen LogP contribution is -2.14. The molecule has 0 aliphatic carbocycles. The highest BCUT2D eigenvalue weighted by atomic mass is 19.1. The summed E-state index contributed by atoms with van der Waals surface area (Å²) in [5.41, 5.74) is 8.85. The second kappa shape index (κ2) is 7.44. The molecule has 0 saturated heterocycles. The number of anilines is 2. The fourth-order valence-corrected chi connectivity index (χ4v) is 2.79. The van der Waals surface area contributed by atoms with Crippen LogP contribution in [0.15, 0.2) is 60.8 Å². The molecule has 0 radical (unpaired) electrons. The Balaban J connectivity index is 1.55. The molecule has 2 aromatic heterocycles. The van der Waals surface area contributed by atoms with Crippen molar-refractivity contribution in [2.24, 2.45) is 0 Å². The Kier molecular flexibility index (Phi) is 4.67. The maximum Gasteiger partial charge on any atom is 0.258 e. The Hall–Kier alpha value is -4.18. The Morgan fingerprint density at radius 2 is 2.00 bits per heavy atom. The van der Waals surface area contributed by atoms with E-state index >= 15 is 0 Å². The monoisotopic (exact) mass is 385 g/mol. The van der Waals surface area contributed by atoms with E-state index in [1.807, 2.05) is 6.07 Å². The maximum absolute atomic E-state index is 13.9. The van der Waals surface area contributed by atoms with Crippen LogP contribution in [0.4, 0.5) is 15.9 Å². The summed E-state index contributed by atoms with van der Waals surface area (Å²) in [5.74, 6) is 5.28. The third-order valence-corrected chi connectivity index (χ3v) is 4.16. The van der Waals surface area contributed by atoms with Crippen LogP contribution < -0.4 is 11.1 Å². The van der Waals surface area contributed by atoms with Crippen molar-refractivity contribution in [3.63, 3.8) is 0 Å². The number of nitrogens with one attached hydrogen (secondary N) is 1. The first-order chi connectivity index (χ1) is 14.0. The van der Waals surface area contributed by atoms with E-state index in [0.717, 1.165) is 5.56 Å². The molecule has 7 heteroatoms. The van der Waals surface area contributed by atoms with E-state index in [1.165, 1.54) is 12.1 Å². The van der Waals surface area contributed by atoms with Gasteiger partial charge in [0.05, 0.1) is 11.8 Å². The van der Waals surface area contributed by atoms with Crippen molar-refractivity contribution in [3.8, 4) is 11.8 Å². The van der Waals surface area contributed by atoms with Gasteiger partial charge in [-0.3, -0.25) is 4.79 Å². The fourth-order valence-electron chi connectivity index (χ4n) is 2.79. The number of nitrogens with zero attached hydrogens (tertiary/aromatic N) is 3. The highest BCUT2D eigenvalue weighted by Crippen LogP contribution is 2.15. The number of halogens is 1. The zero-order valence-electron chi connectivity index (χ0n) is 15.5. The molecule has 1 amide bonds. The SMILES string of the molecule is Cc1ccc(F)c(C(=O)Nc2cccc(C#Cc3ccc4nc(N)cn4n3)c2)c1. The predicted octanol–water partition coefficient (Wildman–Crippen LogP) is 3.41. The number of aromatic nitrogens is 3. The van der Waals surface area contributed by atoms with Crippen LogP contribution in [0.3, 0.4) is 0 Å². The first-order valence-electron chi connectivity index (χ1n) is 8.79. The lowest BCUT2D eigenvalue weighted by molar-refractivity contribution is 0.102. The van der Waals surface area contributed by atoms with Crippen LogP contribution >= 0.6 is 0 Å². The molecular weight excluding hydrogens is 369 g/mol. The van der Waals surface area contributed by atoms with Crippen molar-refractivity contribution in [2.45, 2.75) is 6.92 Å². The van der Waals surface area contributed by atoms with Gasteiger partial charge >= 0.3 is 0 Å². The average molecular weight is 385 g/mol. The van der Waals surface area contributed by atoms with E-state index in [2.05, 4.69) is 27.2 Å². The van der Waals surface area contributed by atoms with Crippen molar-refractivity contribution < 1.29 is 9.18 Å². The smallest absolute Gasteiger partial charge is 0.258 e. The summed E-state index contributed by atoms with van der Waals surface area (Å²) in [4.78, 5) is 16.5. The van der Waals surface area contributed by atoms with Crippen LogP contribution in [0, 0.1) is 24.6 Å². The minimum absolute atomic E-state index is 0.00130. The molecule has 4 rings (SSSR count). The maximum atomic E-state index is 13.9. The Bertz CT molecular complexity index is 1300. The van der Waals surface area contributed by atoms with Gasteiger partial charge in [0.15, 0.2) is 5.65 Å². The van der Waals surface area contributed by atoms with Gasteiger partial charge < -0.3 is 11.1 Å². The number of carbonyl (C=O) groups is 1. The van der Waals surface area contributed by atoms with Crippen molar-refractivity contribution in [2.75, 3.05) is 11.1 Å². The number of nitrogen functional groups attached to an aromatic ring is 1. The van der Waals surface area contributed by atoms with E-state index in [4.69, 9.17) is 5.73 Å². The summed E-state index contributed by atoms with van der Waals surface area (Å²) in [6, 6.07) is 14.9. The molecule has 0 unspecified atom stereocenters. The van der Waals surface area contributed by atoms with Gasteiger partial charge in [0.25, 0.3) is 5.91 Å². The Morgan fingerprint density at radius 3 is 2.86 bits per heavy atom. The van der Waals surface area contributed by atoms with Crippen molar-refractivity contribution in [1.29, 1.82) is 0 Å². The van der Waals surface area contributed by atoms with Gasteiger partial charge in [0.1, 0.15) is 17.3 Å². The van der Waals surface area contributed by atoms with Gasteiger partial charge in [-0.1, -0.05) is 23.6 Å². The third-order valence-electron chi connectivity index (χ3n) is 4.16. The van der Waals surface area contributed by atoms with E-state index in [9.17, 15) is 9.18 Å². The molecule has 2 aromatic carbocycles. The number of imidazole rings is 1. The van der Waals surface area contributed by atoms with Gasteiger partial charge in [-0.15, -0.1) is 0 Å². The lowest BCUT2D eigenvalue weighted by atomic mass is 10.1. The van der Waals surface area contributed by atoms with Crippen LogP contribution in [0.1, 0.15) is 27.2 Å². The summed E-state index contributed by atoms with van der Waals surface area (Å²) < 4.78 is 15.5. The molecule has 6 nitrogen and oxygen atoms in total. The van der Waals surface area contributed by atoms with Gasteiger partial charge in [0.2, 0.25) is 0 Å². The lowest BCUT2D eigenvalue weighted by Gasteiger charge is -2.07. The average Bonchev–Trinajstić information content (AvgIpc) is 3.07. The molecule has 0 aliphatic rings. The predicted molar refractivity (Wildman–Crippen MR) is 109 cm³/mol. The summed E-state index contributed by atoms with van der Waals surface area (Å²) >= 11 is 0. The second-order valence-electron chi connectivity index (χ2n) is 6.46. The molecule has 142 valence electrons. The van der Waals surface area contributed by atoms with Gasteiger partial charge in [-0.2, -0.15) is 5.10 Å². The van der Waals surface area contributed by atoms with Crippen molar-refractivity contribution in [3.05, 3.63) is 89.0 Å². The molecule has 2 heterocycles. The molecule has 4 aromatic rings. The summed E-state index contributed by atoms with van der Waals surface area (Å²) in [7, 11) is 0. The Morgan fingerprint density at radius 1 is 1.14 bits per heavy atom. The van der Waals surface area contributed by atoms with Gasteiger partial charge in [0, 0.05) is 11.3 Å². The van der Waals surface area contributed by atoms with Crippen LogP contribution in [0.5, 0.6) is 0 Å². The van der Waals surface area contributed by atoms with Crippen molar-refractivity contribution >= 4 is 23.1 Å². The number of fused-ring (bicyclic) bond motifs is 1. The highest BCUT2D eigenvalue weighted by molar-refractivity contribution is 6.04. The number of nitrogens with two attached hydrogens (primary N) is 1.